The van der Waals surface area contributed by atoms with Crippen LogP contribution in [0.4, 0.5) is 11.4 Å². The van der Waals surface area contributed by atoms with E-state index in [1.807, 2.05) is 49.4 Å². The van der Waals surface area contributed by atoms with Gasteiger partial charge in [0.1, 0.15) is 11.6 Å². The molecular formula is C22H23N3O. The van der Waals surface area contributed by atoms with Crippen LogP contribution in [0.1, 0.15) is 29.5 Å². The summed E-state index contributed by atoms with van der Waals surface area (Å²) >= 11 is 0. The molecule has 2 aromatic rings. The molecule has 0 spiro atoms. The zero-order valence-electron chi connectivity index (χ0n) is 15.2. The molecule has 0 saturated carbocycles. The van der Waals surface area contributed by atoms with Crippen molar-refractivity contribution in [1.29, 1.82) is 5.26 Å². The first-order valence-electron chi connectivity index (χ1n) is 8.92. The van der Waals surface area contributed by atoms with Crippen LogP contribution >= 0.6 is 0 Å². The maximum Gasteiger partial charge on any atom is 0.266 e. The lowest BCUT2D eigenvalue weighted by molar-refractivity contribution is -0.112. The normalized spacial score (nSPS) is 14.2. The number of anilines is 2. The van der Waals surface area contributed by atoms with E-state index >= 15 is 0 Å². The summed E-state index contributed by atoms with van der Waals surface area (Å²) in [6.07, 6.45) is 4.11. The first-order valence-corrected chi connectivity index (χ1v) is 8.92. The molecule has 1 aliphatic rings. The number of nitriles is 1. The first-order chi connectivity index (χ1) is 12.6. The Morgan fingerprint density at radius 2 is 1.81 bits per heavy atom. The van der Waals surface area contributed by atoms with Crippen LogP contribution in [-0.4, -0.2) is 19.0 Å². The zero-order valence-corrected chi connectivity index (χ0v) is 15.2. The number of rotatable bonds is 4. The number of nitrogens with zero attached hydrogens (tertiary/aromatic N) is 2. The maximum atomic E-state index is 12.4. The van der Waals surface area contributed by atoms with Crippen molar-refractivity contribution in [3.63, 3.8) is 0 Å². The van der Waals surface area contributed by atoms with Crippen molar-refractivity contribution < 1.29 is 4.79 Å². The van der Waals surface area contributed by atoms with Crippen molar-refractivity contribution in [3.05, 3.63) is 64.7 Å². The Balaban J connectivity index is 1.77. The second-order valence-electron chi connectivity index (χ2n) is 6.73. The summed E-state index contributed by atoms with van der Waals surface area (Å²) in [5, 5.41) is 12.2. The molecule has 4 nitrogen and oxygen atoms in total. The molecule has 26 heavy (non-hydrogen) atoms. The molecule has 0 aliphatic carbocycles. The number of benzene rings is 2. The molecular weight excluding hydrogens is 322 g/mol. The molecule has 0 radical (unpaired) electrons. The van der Waals surface area contributed by atoms with Gasteiger partial charge in [-0.2, -0.15) is 5.26 Å². The molecule has 1 heterocycles. The number of aryl methyl sites for hydroxylation is 2. The van der Waals surface area contributed by atoms with E-state index in [9.17, 15) is 10.1 Å². The lowest BCUT2D eigenvalue weighted by atomic mass is 10.1. The molecule has 4 heteroatoms. The Bertz CT molecular complexity index is 869. The summed E-state index contributed by atoms with van der Waals surface area (Å²) in [6.45, 7) is 6.25. The fourth-order valence-corrected chi connectivity index (χ4v) is 3.23. The van der Waals surface area contributed by atoms with Gasteiger partial charge in [-0.05, 0) is 68.2 Å². The van der Waals surface area contributed by atoms with E-state index in [1.165, 1.54) is 18.5 Å². The van der Waals surface area contributed by atoms with E-state index in [2.05, 4.69) is 23.2 Å². The standard InChI is InChI=1S/C22H23N3O/c1-16-5-8-20(9-6-16)24-22(26)19(15-23)14-18-7-10-21(17(2)13-18)25-11-3-4-12-25/h5-10,13-14H,3-4,11-12H2,1-2H3,(H,24,26)/b19-14+. The van der Waals surface area contributed by atoms with Crippen molar-refractivity contribution in [2.24, 2.45) is 0 Å². The lowest BCUT2D eigenvalue weighted by Gasteiger charge is -2.20. The Morgan fingerprint density at radius 3 is 2.42 bits per heavy atom. The van der Waals surface area contributed by atoms with E-state index < -0.39 is 5.91 Å². The highest BCUT2D eigenvalue weighted by Gasteiger charge is 2.15. The molecule has 0 unspecified atom stereocenters. The highest BCUT2D eigenvalue weighted by Crippen LogP contribution is 2.26. The van der Waals surface area contributed by atoms with Gasteiger partial charge in [-0.15, -0.1) is 0 Å². The number of carbonyl (C=O) groups is 1. The van der Waals surface area contributed by atoms with Gasteiger partial charge in [0.25, 0.3) is 5.91 Å². The predicted octanol–water partition coefficient (Wildman–Crippen LogP) is 4.45. The third kappa shape index (κ3) is 4.12. The van der Waals surface area contributed by atoms with Crippen LogP contribution in [0.5, 0.6) is 0 Å². The van der Waals surface area contributed by atoms with Gasteiger partial charge >= 0.3 is 0 Å². The molecule has 1 saturated heterocycles. The van der Waals surface area contributed by atoms with Crippen LogP contribution in [0.2, 0.25) is 0 Å². The summed E-state index contributed by atoms with van der Waals surface area (Å²) in [5.41, 5.74) is 5.16. The summed E-state index contributed by atoms with van der Waals surface area (Å²) in [4.78, 5) is 14.8. The van der Waals surface area contributed by atoms with E-state index in [4.69, 9.17) is 0 Å². The van der Waals surface area contributed by atoms with Crippen LogP contribution in [0.3, 0.4) is 0 Å². The quantitative estimate of drug-likeness (QED) is 0.658. The van der Waals surface area contributed by atoms with E-state index in [0.717, 1.165) is 29.8 Å². The summed E-state index contributed by atoms with van der Waals surface area (Å²) in [7, 11) is 0. The van der Waals surface area contributed by atoms with Crippen molar-refractivity contribution in [2.45, 2.75) is 26.7 Å². The van der Waals surface area contributed by atoms with Gasteiger partial charge in [0.2, 0.25) is 0 Å². The smallest absolute Gasteiger partial charge is 0.266 e. The zero-order chi connectivity index (χ0) is 18.5. The summed E-state index contributed by atoms with van der Waals surface area (Å²) in [5.74, 6) is -0.391. The van der Waals surface area contributed by atoms with Gasteiger partial charge in [0.15, 0.2) is 0 Å². The van der Waals surface area contributed by atoms with Gasteiger partial charge in [0, 0.05) is 24.5 Å². The Labute approximate surface area is 154 Å². The van der Waals surface area contributed by atoms with Crippen molar-refractivity contribution in [1.82, 2.24) is 0 Å². The molecule has 1 fully saturated rings. The molecule has 1 aliphatic heterocycles. The fourth-order valence-electron chi connectivity index (χ4n) is 3.23. The van der Waals surface area contributed by atoms with Crippen molar-refractivity contribution >= 4 is 23.4 Å². The van der Waals surface area contributed by atoms with Crippen LogP contribution in [0.25, 0.3) is 6.08 Å². The number of amides is 1. The lowest BCUT2D eigenvalue weighted by Crippen LogP contribution is -2.18. The molecule has 0 aromatic heterocycles. The number of hydrogen-bond acceptors (Lipinski definition) is 3. The highest BCUT2D eigenvalue weighted by molar-refractivity contribution is 6.09. The SMILES string of the molecule is Cc1ccc(NC(=O)/C(C#N)=C/c2ccc(N3CCCC3)c(C)c2)cc1. The van der Waals surface area contributed by atoms with E-state index in [-0.39, 0.29) is 5.57 Å². The van der Waals surface area contributed by atoms with Gasteiger partial charge in [-0.3, -0.25) is 4.79 Å². The Morgan fingerprint density at radius 1 is 1.12 bits per heavy atom. The predicted molar refractivity (Wildman–Crippen MR) is 106 cm³/mol. The third-order valence-electron chi connectivity index (χ3n) is 4.65. The number of hydrogen-bond donors (Lipinski definition) is 1. The van der Waals surface area contributed by atoms with E-state index in [1.54, 1.807) is 6.08 Å². The van der Waals surface area contributed by atoms with Crippen LogP contribution in [0, 0.1) is 25.2 Å². The van der Waals surface area contributed by atoms with Crippen LogP contribution in [0.15, 0.2) is 48.0 Å². The second-order valence-corrected chi connectivity index (χ2v) is 6.73. The molecule has 0 atom stereocenters. The highest BCUT2D eigenvalue weighted by atomic mass is 16.1. The number of carbonyl (C=O) groups excluding carboxylic acids is 1. The number of nitrogens with one attached hydrogen (secondary N) is 1. The Hall–Kier alpha value is -3.06. The third-order valence-corrected chi connectivity index (χ3v) is 4.65. The minimum atomic E-state index is -0.391. The molecule has 1 amide bonds. The largest absolute Gasteiger partial charge is 0.371 e. The van der Waals surface area contributed by atoms with Crippen LogP contribution in [-0.2, 0) is 4.79 Å². The Kier molecular flexibility index (Phi) is 5.38. The van der Waals surface area contributed by atoms with Crippen molar-refractivity contribution in [2.75, 3.05) is 23.3 Å². The summed E-state index contributed by atoms with van der Waals surface area (Å²) < 4.78 is 0. The van der Waals surface area contributed by atoms with Gasteiger partial charge in [0.05, 0.1) is 0 Å². The minimum Gasteiger partial charge on any atom is -0.371 e. The molecule has 132 valence electrons. The van der Waals surface area contributed by atoms with Gasteiger partial charge in [-0.1, -0.05) is 23.8 Å². The monoisotopic (exact) mass is 345 g/mol. The maximum absolute atomic E-state index is 12.4. The topological polar surface area (TPSA) is 56.1 Å². The first kappa shape index (κ1) is 17.8. The molecule has 2 aromatic carbocycles. The average Bonchev–Trinajstić information content (AvgIpc) is 3.16. The molecule has 3 rings (SSSR count). The fraction of sp³-hybridized carbons (Fsp3) is 0.273. The van der Waals surface area contributed by atoms with Gasteiger partial charge < -0.3 is 10.2 Å². The molecule has 1 N–H and O–H groups in total. The minimum absolute atomic E-state index is 0.0962. The van der Waals surface area contributed by atoms with Gasteiger partial charge in [-0.25, -0.2) is 0 Å². The van der Waals surface area contributed by atoms with Crippen molar-refractivity contribution in [3.8, 4) is 6.07 Å². The summed E-state index contributed by atoms with van der Waals surface area (Å²) in [6, 6.07) is 15.6. The van der Waals surface area contributed by atoms with Crippen LogP contribution < -0.4 is 10.2 Å². The van der Waals surface area contributed by atoms with E-state index in [0.29, 0.717) is 5.69 Å². The second kappa shape index (κ2) is 7.88. The average molecular weight is 345 g/mol. The molecule has 0 bridgehead atoms.